The molecule has 0 saturated carbocycles. The van der Waals surface area contributed by atoms with E-state index in [4.69, 9.17) is 5.73 Å². The molecule has 16 heteroatoms. The third kappa shape index (κ3) is 5.46. The number of fused-ring (bicyclic) bond motifs is 2. The first-order valence-corrected chi connectivity index (χ1v) is 13.1. The molecule has 2 aromatic carbocycles. The van der Waals surface area contributed by atoms with Crippen LogP contribution in [0.25, 0.3) is 11.1 Å². The van der Waals surface area contributed by atoms with E-state index in [2.05, 4.69) is 10.4 Å². The molecule has 0 radical (unpaired) electrons. The van der Waals surface area contributed by atoms with E-state index in [0.29, 0.717) is 16.7 Å². The van der Waals surface area contributed by atoms with Gasteiger partial charge in [-0.25, -0.2) is 18.0 Å². The molecule has 3 aromatic rings. The lowest BCUT2D eigenvalue weighted by atomic mass is 9.90. The van der Waals surface area contributed by atoms with E-state index in [9.17, 15) is 36.7 Å². The van der Waals surface area contributed by atoms with E-state index < -0.39 is 78.8 Å². The Morgan fingerprint density at radius 2 is 1.84 bits per heavy atom. The maximum Gasteiger partial charge on any atom is 0.408 e. The largest absolute Gasteiger partial charge is 0.408 e. The lowest BCUT2D eigenvalue weighted by molar-refractivity contribution is -0.187. The van der Waals surface area contributed by atoms with Crippen molar-refractivity contribution in [3.8, 4) is 11.1 Å². The summed E-state index contributed by atoms with van der Waals surface area (Å²) < 4.78 is 86.2. The van der Waals surface area contributed by atoms with E-state index in [-0.39, 0.29) is 34.4 Å². The van der Waals surface area contributed by atoms with Crippen LogP contribution in [0.15, 0.2) is 48.8 Å². The maximum atomic E-state index is 15.4. The molecule has 1 aromatic heterocycles. The highest BCUT2D eigenvalue weighted by Gasteiger charge is 2.59. The lowest BCUT2D eigenvalue weighted by Gasteiger charge is -2.32. The number of hydrogen-bond acceptors (Lipinski definition) is 5. The van der Waals surface area contributed by atoms with Gasteiger partial charge in [0.1, 0.15) is 42.5 Å². The fraction of sp³-hybridized carbons (Fsp3) is 0.321. The number of benzene rings is 2. The van der Waals surface area contributed by atoms with Crippen LogP contribution < -0.4 is 11.1 Å². The normalized spacial score (nSPS) is 20.2. The van der Waals surface area contributed by atoms with E-state index in [0.717, 1.165) is 28.9 Å². The molecule has 1 fully saturated rings. The molecule has 5 amide bonds. The van der Waals surface area contributed by atoms with Crippen molar-refractivity contribution in [1.82, 2.24) is 24.9 Å². The molecule has 2 unspecified atom stereocenters. The number of hydrogen-bond donors (Lipinski definition) is 2. The van der Waals surface area contributed by atoms with Crippen LogP contribution in [-0.4, -0.2) is 62.1 Å². The standard InChI is InChI=1S/C28H24F6N6O4/c1-14(28(32,33)34)39(10-15-2-4-17(29)5-3-15)24(42)13-40-25(43)27(37-26(40)44)8-22(31)19-6-18(21(30)7-20(19)27)16-9-36-38(11-16)12-23(35)41/h2-7,9,11,14,22H,8,10,12-13H2,1H3,(H2,35,41)(H,37,44)/t14-,22?,27?/m0/s1. The molecule has 3 N–H and O–H groups in total. The van der Waals surface area contributed by atoms with Gasteiger partial charge in [0.25, 0.3) is 5.91 Å². The Kier molecular flexibility index (Phi) is 7.63. The summed E-state index contributed by atoms with van der Waals surface area (Å²) in [5.41, 5.74) is 2.90. The molecule has 2 aliphatic rings. The van der Waals surface area contributed by atoms with Gasteiger partial charge in [-0.2, -0.15) is 18.3 Å². The van der Waals surface area contributed by atoms with Crippen LogP contribution in [0.5, 0.6) is 0 Å². The summed E-state index contributed by atoms with van der Waals surface area (Å²) in [6, 6.07) is 2.84. The Morgan fingerprint density at radius 3 is 2.48 bits per heavy atom. The number of halogens is 6. The predicted octanol–water partition coefficient (Wildman–Crippen LogP) is 3.45. The number of aromatic nitrogens is 2. The lowest BCUT2D eigenvalue weighted by Crippen LogP contribution is -2.51. The highest BCUT2D eigenvalue weighted by Crippen LogP contribution is 2.50. The van der Waals surface area contributed by atoms with Gasteiger partial charge in [0.05, 0.1) is 6.20 Å². The van der Waals surface area contributed by atoms with Crippen LogP contribution in [-0.2, 0) is 33.0 Å². The number of urea groups is 1. The smallest absolute Gasteiger partial charge is 0.368 e. The number of carbonyl (C=O) groups excluding carboxylic acids is 4. The average molecular weight is 623 g/mol. The number of rotatable bonds is 8. The minimum Gasteiger partial charge on any atom is -0.368 e. The van der Waals surface area contributed by atoms with Gasteiger partial charge in [-0.1, -0.05) is 12.1 Å². The minimum absolute atomic E-state index is 0.111. The first-order chi connectivity index (χ1) is 20.6. The van der Waals surface area contributed by atoms with E-state index >= 15 is 8.78 Å². The van der Waals surface area contributed by atoms with Crippen molar-refractivity contribution in [3.63, 3.8) is 0 Å². The van der Waals surface area contributed by atoms with Gasteiger partial charge < -0.3 is 16.0 Å². The zero-order valence-corrected chi connectivity index (χ0v) is 22.9. The summed E-state index contributed by atoms with van der Waals surface area (Å²) in [5, 5.41) is 6.22. The number of primary amides is 1. The van der Waals surface area contributed by atoms with Gasteiger partial charge in [0.2, 0.25) is 11.8 Å². The molecule has 2 heterocycles. The van der Waals surface area contributed by atoms with Crippen molar-refractivity contribution < 1.29 is 45.5 Å². The number of amides is 5. The molecule has 10 nitrogen and oxygen atoms in total. The fourth-order valence-electron chi connectivity index (χ4n) is 5.40. The second-order valence-electron chi connectivity index (χ2n) is 10.6. The summed E-state index contributed by atoms with van der Waals surface area (Å²) >= 11 is 0. The Balaban J connectivity index is 1.42. The third-order valence-electron chi connectivity index (χ3n) is 7.68. The number of carbonyl (C=O) groups is 4. The minimum atomic E-state index is -4.88. The zero-order chi connectivity index (χ0) is 32.1. The van der Waals surface area contributed by atoms with Crippen molar-refractivity contribution in [2.45, 2.75) is 50.4 Å². The first-order valence-electron chi connectivity index (χ1n) is 13.1. The summed E-state index contributed by atoms with van der Waals surface area (Å²) in [4.78, 5) is 51.7. The Hall–Kier alpha value is -4.89. The fourth-order valence-corrected chi connectivity index (χ4v) is 5.40. The Morgan fingerprint density at radius 1 is 1.16 bits per heavy atom. The van der Waals surface area contributed by atoms with Crippen LogP contribution in [0, 0.1) is 11.6 Å². The molecule has 232 valence electrons. The topological polar surface area (TPSA) is 131 Å². The molecule has 1 aliphatic carbocycles. The van der Waals surface area contributed by atoms with Crippen molar-refractivity contribution in [3.05, 3.63) is 77.1 Å². The maximum absolute atomic E-state index is 15.4. The van der Waals surface area contributed by atoms with Crippen LogP contribution >= 0.6 is 0 Å². The predicted molar refractivity (Wildman–Crippen MR) is 140 cm³/mol. The van der Waals surface area contributed by atoms with E-state index in [1.165, 1.54) is 24.5 Å². The molecule has 1 aliphatic heterocycles. The SMILES string of the molecule is C[C@H](N(Cc1ccc(F)cc1)C(=O)CN1C(=O)NC2(CC(F)c3cc(-c4cnn(CC(N)=O)c4)c(F)cc32)C1=O)C(F)(F)F. The van der Waals surface area contributed by atoms with Gasteiger partial charge in [-0.05, 0) is 47.9 Å². The molecule has 1 saturated heterocycles. The summed E-state index contributed by atoms with van der Waals surface area (Å²) in [6.07, 6.45) is -4.87. The van der Waals surface area contributed by atoms with E-state index in [1.807, 2.05) is 0 Å². The molecular weight excluding hydrogens is 598 g/mol. The number of nitrogens with zero attached hydrogens (tertiary/aromatic N) is 4. The first kappa shape index (κ1) is 30.6. The molecule has 44 heavy (non-hydrogen) atoms. The molecular formula is C28H24F6N6O4. The van der Waals surface area contributed by atoms with Crippen molar-refractivity contribution in [2.75, 3.05) is 6.54 Å². The summed E-state index contributed by atoms with van der Waals surface area (Å²) in [7, 11) is 0. The highest BCUT2D eigenvalue weighted by atomic mass is 19.4. The van der Waals surface area contributed by atoms with E-state index in [1.54, 1.807) is 0 Å². The van der Waals surface area contributed by atoms with Crippen molar-refractivity contribution in [1.29, 1.82) is 0 Å². The van der Waals surface area contributed by atoms with Crippen LogP contribution in [0.3, 0.4) is 0 Å². The van der Waals surface area contributed by atoms with Crippen LogP contribution in [0.1, 0.15) is 36.2 Å². The number of imide groups is 1. The number of nitrogens with one attached hydrogen (secondary N) is 1. The second-order valence-corrected chi connectivity index (χ2v) is 10.6. The van der Waals surface area contributed by atoms with Crippen LogP contribution in [0.4, 0.5) is 31.1 Å². The number of nitrogens with two attached hydrogens (primary N) is 1. The number of alkyl halides is 4. The Labute approximate surface area is 245 Å². The molecule has 0 bridgehead atoms. The Bertz CT molecular complexity index is 1660. The van der Waals surface area contributed by atoms with Crippen molar-refractivity contribution >= 4 is 23.8 Å². The van der Waals surface area contributed by atoms with Gasteiger partial charge in [0.15, 0.2) is 0 Å². The average Bonchev–Trinajstić information content (AvgIpc) is 3.57. The van der Waals surface area contributed by atoms with Crippen molar-refractivity contribution in [2.24, 2.45) is 5.73 Å². The summed E-state index contributed by atoms with van der Waals surface area (Å²) in [5.74, 6) is -4.67. The molecule has 3 atom stereocenters. The van der Waals surface area contributed by atoms with Crippen LogP contribution in [0.2, 0.25) is 0 Å². The van der Waals surface area contributed by atoms with Gasteiger partial charge in [-0.3, -0.25) is 24.0 Å². The van der Waals surface area contributed by atoms with Gasteiger partial charge in [-0.15, -0.1) is 0 Å². The summed E-state index contributed by atoms with van der Waals surface area (Å²) in [6.45, 7) is -1.32. The molecule has 5 rings (SSSR count). The second kappa shape index (κ2) is 11.0. The zero-order valence-electron chi connectivity index (χ0n) is 22.9. The molecule has 1 spiro atoms. The monoisotopic (exact) mass is 622 g/mol. The third-order valence-corrected chi connectivity index (χ3v) is 7.68. The van der Waals surface area contributed by atoms with Gasteiger partial charge >= 0.3 is 12.2 Å². The highest BCUT2D eigenvalue weighted by molar-refractivity contribution is 6.10. The quantitative estimate of drug-likeness (QED) is 0.294. The van der Waals surface area contributed by atoms with Gasteiger partial charge in [0, 0.05) is 30.3 Å².